The molecular formula is C35H54N6O9. The predicted molar refractivity (Wildman–Crippen MR) is 184 cm³/mol. The number of methoxy groups -OCH3 is 1. The molecule has 0 spiro atoms. The van der Waals surface area contributed by atoms with E-state index in [4.69, 9.17) is 15.6 Å². The van der Waals surface area contributed by atoms with E-state index in [1.165, 1.54) is 21.0 Å². The zero-order valence-corrected chi connectivity index (χ0v) is 30.0. The summed E-state index contributed by atoms with van der Waals surface area (Å²) in [5.41, 5.74) is 3.90. The summed E-state index contributed by atoms with van der Waals surface area (Å²) in [7, 11) is 1.18. The molecule has 1 unspecified atom stereocenters. The molecule has 1 aliphatic carbocycles. The van der Waals surface area contributed by atoms with E-state index in [0.29, 0.717) is 18.4 Å². The Kier molecular flexibility index (Phi) is 16.0. The largest absolute Gasteiger partial charge is 0.467 e. The highest BCUT2D eigenvalue weighted by Crippen LogP contribution is 2.29. The number of rotatable bonds is 18. The van der Waals surface area contributed by atoms with Crippen LogP contribution in [0.25, 0.3) is 0 Å². The van der Waals surface area contributed by atoms with Gasteiger partial charge < -0.3 is 42.2 Å². The lowest BCUT2D eigenvalue weighted by atomic mass is 9.76. The van der Waals surface area contributed by atoms with Crippen LogP contribution in [-0.2, 0) is 44.7 Å². The van der Waals surface area contributed by atoms with Gasteiger partial charge in [-0.15, -0.1) is 0 Å². The Hall–Kier alpha value is -4.37. The normalized spacial score (nSPS) is 17.3. The number of hydrogen-bond acceptors (Lipinski definition) is 10. The fourth-order valence-electron chi connectivity index (χ4n) is 5.79. The van der Waals surface area contributed by atoms with Gasteiger partial charge in [0.1, 0.15) is 24.2 Å². The number of nitrogens with one attached hydrogen (secondary N) is 5. The van der Waals surface area contributed by atoms with Crippen molar-refractivity contribution in [1.82, 2.24) is 26.6 Å². The molecule has 0 aromatic heterocycles. The van der Waals surface area contributed by atoms with Crippen molar-refractivity contribution < 1.29 is 43.4 Å². The van der Waals surface area contributed by atoms with E-state index in [2.05, 4.69) is 26.6 Å². The first-order valence-corrected chi connectivity index (χ1v) is 17.1. The topological polar surface area (TPSA) is 235 Å². The number of benzene rings is 1. The third-order valence-electron chi connectivity index (χ3n) is 9.02. The number of nitrogens with two attached hydrogens (primary N) is 1. The van der Waals surface area contributed by atoms with Gasteiger partial charge in [0, 0.05) is 5.92 Å². The summed E-state index contributed by atoms with van der Waals surface area (Å²) in [4.78, 5) is 94.2. The van der Waals surface area contributed by atoms with Crippen LogP contribution in [-0.4, -0.2) is 95.9 Å². The van der Waals surface area contributed by atoms with E-state index in [1.54, 1.807) is 58.0 Å². The Morgan fingerprint density at radius 1 is 0.840 bits per heavy atom. The van der Waals surface area contributed by atoms with Crippen LogP contribution in [0.15, 0.2) is 30.3 Å². The van der Waals surface area contributed by atoms with E-state index in [-0.39, 0.29) is 6.42 Å². The van der Waals surface area contributed by atoms with Crippen LogP contribution in [0.1, 0.15) is 72.8 Å². The van der Waals surface area contributed by atoms with Crippen molar-refractivity contribution in [1.29, 1.82) is 0 Å². The number of carbonyl (C=O) groups is 7. The van der Waals surface area contributed by atoms with Gasteiger partial charge in [0.25, 0.3) is 5.91 Å². The third-order valence-corrected chi connectivity index (χ3v) is 9.02. The molecule has 15 heteroatoms. The molecule has 0 radical (unpaired) electrons. The lowest BCUT2D eigenvalue weighted by Gasteiger charge is -2.40. The Labute approximate surface area is 293 Å². The van der Waals surface area contributed by atoms with E-state index >= 15 is 0 Å². The maximum atomic E-state index is 14.9. The summed E-state index contributed by atoms with van der Waals surface area (Å²) in [5.74, 6) is -6.97. The molecule has 0 bridgehead atoms. The van der Waals surface area contributed by atoms with Crippen LogP contribution in [0, 0.1) is 17.8 Å². The van der Waals surface area contributed by atoms with Gasteiger partial charge in [0.05, 0.1) is 19.8 Å². The van der Waals surface area contributed by atoms with Crippen molar-refractivity contribution in [2.75, 3.05) is 13.7 Å². The maximum absolute atomic E-state index is 14.9. The van der Waals surface area contributed by atoms with Crippen LogP contribution in [0.4, 0.5) is 0 Å². The van der Waals surface area contributed by atoms with Gasteiger partial charge in [-0.3, -0.25) is 28.8 Å². The molecule has 6 atom stereocenters. The Morgan fingerprint density at radius 2 is 1.38 bits per heavy atom. The number of amides is 5. The smallest absolute Gasteiger partial charge is 0.328 e. The van der Waals surface area contributed by atoms with Crippen LogP contribution >= 0.6 is 0 Å². The molecule has 0 heterocycles. The minimum Gasteiger partial charge on any atom is -0.467 e. The van der Waals surface area contributed by atoms with Crippen molar-refractivity contribution >= 4 is 41.3 Å². The molecule has 8 N–H and O–H groups in total. The van der Waals surface area contributed by atoms with Gasteiger partial charge in [0.15, 0.2) is 11.3 Å². The zero-order chi connectivity index (χ0) is 37.8. The van der Waals surface area contributed by atoms with Crippen LogP contribution in [0.3, 0.4) is 0 Å². The number of hydrogen-bond donors (Lipinski definition) is 7. The standard InChI is InChI=1S/C35H54N6O9/c1-19(2)27(33(48)50-7)40-34(49)35(20(3)4,41-31(46)24-15-11-12-16-24)28(43)26(17-23-13-9-8-10-14-23)39-30(45)22(6)37-29(44)21(5)38-32(47)25(36)18-42/h8-10,13-14,19-22,24-27,42H,11-12,15-18,36H2,1-7H3,(H,37,44)(H,38,47)(H,39,45)(H,40,49)(H,41,46)/t21-,22-,25-,26?,27-,35+/m0/s1. The average molecular weight is 703 g/mol. The zero-order valence-electron chi connectivity index (χ0n) is 30.0. The molecular weight excluding hydrogens is 648 g/mol. The Balaban J connectivity index is 2.54. The first-order chi connectivity index (χ1) is 23.5. The van der Waals surface area contributed by atoms with Gasteiger partial charge in [-0.25, -0.2) is 4.79 Å². The summed E-state index contributed by atoms with van der Waals surface area (Å²) in [6.07, 6.45) is 2.72. The highest BCUT2D eigenvalue weighted by molar-refractivity contribution is 6.16. The fourth-order valence-corrected chi connectivity index (χ4v) is 5.79. The number of Topliss-reactive ketones (excluding diaryl/α,β-unsaturated/α-hetero) is 1. The summed E-state index contributed by atoms with van der Waals surface area (Å²) >= 11 is 0. The lowest BCUT2D eigenvalue weighted by Crippen LogP contribution is -2.72. The Morgan fingerprint density at radius 3 is 1.88 bits per heavy atom. The molecule has 50 heavy (non-hydrogen) atoms. The van der Waals surface area contributed by atoms with Crippen molar-refractivity contribution in [2.45, 2.75) is 109 Å². The number of ketones is 1. The molecule has 1 aromatic carbocycles. The molecule has 5 amide bonds. The van der Waals surface area contributed by atoms with Crippen LogP contribution in [0.5, 0.6) is 0 Å². The summed E-state index contributed by atoms with van der Waals surface area (Å²) in [5, 5.41) is 22.0. The molecule has 1 saturated carbocycles. The van der Waals surface area contributed by atoms with Crippen molar-refractivity contribution in [3.8, 4) is 0 Å². The summed E-state index contributed by atoms with van der Waals surface area (Å²) in [6, 6.07) is 2.61. The van der Waals surface area contributed by atoms with Gasteiger partial charge in [-0.1, -0.05) is 70.9 Å². The van der Waals surface area contributed by atoms with Crippen LogP contribution in [0.2, 0.25) is 0 Å². The molecule has 1 aliphatic rings. The summed E-state index contributed by atoms with van der Waals surface area (Å²) < 4.78 is 4.90. The molecule has 1 aromatic rings. The minimum atomic E-state index is -2.23. The minimum absolute atomic E-state index is 0.0801. The lowest BCUT2D eigenvalue weighted by molar-refractivity contribution is -0.152. The van der Waals surface area contributed by atoms with Crippen LogP contribution < -0.4 is 32.3 Å². The predicted octanol–water partition coefficient (Wildman–Crippen LogP) is -0.373. The second kappa shape index (κ2) is 19.1. The quantitative estimate of drug-likeness (QED) is 0.0774. The van der Waals surface area contributed by atoms with Crippen molar-refractivity contribution in [3.05, 3.63) is 35.9 Å². The molecule has 15 nitrogen and oxygen atoms in total. The molecule has 0 saturated heterocycles. The third kappa shape index (κ3) is 10.8. The number of ether oxygens (including phenoxy) is 1. The molecule has 278 valence electrons. The number of carbonyl (C=O) groups excluding carboxylic acids is 7. The highest BCUT2D eigenvalue weighted by atomic mass is 16.5. The van der Waals surface area contributed by atoms with Gasteiger partial charge in [-0.05, 0) is 50.5 Å². The summed E-state index contributed by atoms with van der Waals surface area (Å²) in [6.45, 7) is 8.69. The van der Waals surface area contributed by atoms with Crippen molar-refractivity contribution in [3.63, 3.8) is 0 Å². The van der Waals surface area contributed by atoms with E-state index in [1.807, 2.05) is 0 Å². The first kappa shape index (κ1) is 41.8. The number of aliphatic hydroxyl groups is 1. The second-order valence-corrected chi connectivity index (χ2v) is 13.5. The molecule has 2 rings (SSSR count). The van der Waals surface area contributed by atoms with E-state index < -0.39 is 101 Å². The number of aliphatic hydroxyl groups excluding tert-OH is 1. The maximum Gasteiger partial charge on any atom is 0.328 e. The Bertz CT molecular complexity index is 1370. The van der Waals surface area contributed by atoms with Gasteiger partial charge >= 0.3 is 5.97 Å². The first-order valence-electron chi connectivity index (χ1n) is 17.1. The highest BCUT2D eigenvalue weighted by Gasteiger charge is 2.54. The second-order valence-electron chi connectivity index (χ2n) is 13.5. The van der Waals surface area contributed by atoms with Gasteiger partial charge in [-0.2, -0.15) is 0 Å². The molecule has 1 fully saturated rings. The average Bonchev–Trinajstić information content (AvgIpc) is 3.63. The SMILES string of the molecule is COC(=O)[C@@H](NC(=O)[C@](NC(=O)C1CCCC1)(C(=O)C(Cc1ccccc1)NC(=O)[C@H](C)NC(=O)[C@H](C)NC(=O)[C@@H](N)CO)C(C)C)C(C)C. The fraction of sp³-hybridized carbons (Fsp3) is 0.629. The molecule has 0 aliphatic heterocycles. The van der Waals surface area contributed by atoms with Gasteiger partial charge in [0.2, 0.25) is 23.6 Å². The van der Waals surface area contributed by atoms with E-state index in [0.717, 1.165) is 12.8 Å². The monoisotopic (exact) mass is 702 g/mol. The number of esters is 1. The van der Waals surface area contributed by atoms with E-state index in [9.17, 15) is 33.6 Å². The van der Waals surface area contributed by atoms with Crippen molar-refractivity contribution in [2.24, 2.45) is 23.5 Å².